The summed E-state index contributed by atoms with van der Waals surface area (Å²) in [5, 5.41) is 0. The van der Waals surface area contributed by atoms with Gasteiger partial charge in [0.15, 0.2) is 23.3 Å². The summed E-state index contributed by atoms with van der Waals surface area (Å²) in [5.74, 6) is -15.8. The lowest BCUT2D eigenvalue weighted by molar-refractivity contribution is 0.429. The monoisotopic (exact) mass is 300 g/mol. The first-order valence-corrected chi connectivity index (χ1v) is 5.18. The van der Waals surface area contributed by atoms with Gasteiger partial charge >= 0.3 is 0 Å². The zero-order valence-electron chi connectivity index (χ0n) is 9.44. The van der Waals surface area contributed by atoms with Crippen LogP contribution in [0.1, 0.15) is 12.8 Å². The van der Waals surface area contributed by atoms with Crippen molar-refractivity contribution in [3.63, 3.8) is 0 Å². The molecule has 0 saturated heterocycles. The largest absolute Gasteiger partial charge is 0.208 e. The summed E-state index contributed by atoms with van der Waals surface area (Å²) in [5.41, 5.74) is -3.63. The van der Waals surface area contributed by atoms with E-state index in [9.17, 15) is 35.1 Å². The van der Waals surface area contributed by atoms with Crippen molar-refractivity contribution in [2.45, 2.75) is 12.8 Å². The van der Waals surface area contributed by atoms with Gasteiger partial charge in [0.2, 0.25) is 0 Å². The van der Waals surface area contributed by atoms with Crippen LogP contribution < -0.4 is 0 Å². The molecule has 2 aliphatic carbocycles. The van der Waals surface area contributed by atoms with E-state index in [1.807, 2.05) is 0 Å². The molecular formula is C12H4F8. The molecule has 0 spiro atoms. The maximum atomic E-state index is 13.4. The van der Waals surface area contributed by atoms with Gasteiger partial charge in [-0.2, -0.15) is 0 Å². The van der Waals surface area contributed by atoms with Gasteiger partial charge in [-0.3, -0.25) is 0 Å². The third-order valence-corrected chi connectivity index (χ3v) is 2.70. The van der Waals surface area contributed by atoms with E-state index in [0.29, 0.717) is 0 Å². The second kappa shape index (κ2) is 4.92. The minimum atomic E-state index is -2.10. The van der Waals surface area contributed by atoms with Crippen molar-refractivity contribution >= 4 is 0 Å². The van der Waals surface area contributed by atoms with E-state index in [2.05, 4.69) is 0 Å². The zero-order valence-corrected chi connectivity index (χ0v) is 9.44. The van der Waals surface area contributed by atoms with Crippen molar-refractivity contribution in [2.24, 2.45) is 0 Å². The smallest absolute Gasteiger partial charge is 0.166 e. The number of halogens is 8. The predicted octanol–water partition coefficient (Wildman–Crippen LogP) is 5.69. The van der Waals surface area contributed by atoms with E-state index < -0.39 is 70.6 Å². The van der Waals surface area contributed by atoms with Gasteiger partial charge in [-0.15, -0.1) is 0 Å². The van der Waals surface area contributed by atoms with Gasteiger partial charge in [0.25, 0.3) is 0 Å². The third-order valence-electron chi connectivity index (χ3n) is 2.70. The summed E-state index contributed by atoms with van der Waals surface area (Å²) < 4.78 is 106. The highest BCUT2D eigenvalue weighted by molar-refractivity contribution is 5.61. The van der Waals surface area contributed by atoms with Crippen molar-refractivity contribution in [2.75, 3.05) is 0 Å². The number of rotatable bonds is 0. The fourth-order valence-electron chi connectivity index (χ4n) is 1.76. The molecule has 0 amide bonds. The molecule has 0 saturated carbocycles. The molecule has 0 heterocycles. The fourth-order valence-corrected chi connectivity index (χ4v) is 1.76. The summed E-state index contributed by atoms with van der Waals surface area (Å²) in [6.07, 6.45) is -2.76. The molecule has 0 N–H and O–H groups in total. The van der Waals surface area contributed by atoms with Crippen LogP contribution in [0.5, 0.6) is 0 Å². The van der Waals surface area contributed by atoms with Gasteiger partial charge in [-0.05, 0) is 0 Å². The van der Waals surface area contributed by atoms with Gasteiger partial charge < -0.3 is 0 Å². The van der Waals surface area contributed by atoms with Crippen LogP contribution in [-0.2, 0) is 0 Å². The van der Waals surface area contributed by atoms with Crippen LogP contribution in [0.4, 0.5) is 35.1 Å². The second-order valence-electron chi connectivity index (χ2n) is 3.98. The lowest BCUT2D eigenvalue weighted by Crippen LogP contribution is -2.08. The Bertz CT molecular complexity index is 536. The molecule has 0 nitrogen and oxygen atoms in total. The quantitative estimate of drug-likeness (QED) is 0.504. The lowest BCUT2D eigenvalue weighted by atomic mass is 9.94. The van der Waals surface area contributed by atoms with Crippen molar-refractivity contribution in [3.8, 4) is 0 Å². The van der Waals surface area contributed by atoms with E-state index >= 15 is 0 Å². The molecule has 0 aliphatic heterocycles. The summed E-state index contributed by atoms with van der Waals surface area (Å²) in [4.78, 5) is 0. The third kappa shape index (κ3) is 2.08. The van der Waals surface area contributed by atoms with Gasteiger partial charge in [-0.25, -0.2) is 35.1 Å². The zero-order chi connectivity index (χ0) is 15.2. The topological polar surface area (TPSA) is 0 Å². The Labute approximate surface area is 107 Å². The molecule has 2 aliphatic rings. The minimum Gasteiger partial charge on any atom is -0.208 e. The highest BCUT2D eigenvalue weighted by Crippen LogP contribution is 2.46. The van der Waals surface area contributed by atoms with E-state index in [0.717, 1.165) is 0 Å². The van der Waals surface area contributed by atoms with E-state index in [-0.39, 0.29) is 0 Å². The first-order chi connectivity index (χ1) is 9.25. The van der Waals surface area contributed by atoms with Crippen LogP contribution in [0, 0.1) is 0 Å². The Hall–Kier alpha value is -1.86. The fraction of sp³-hybridized carbons (Fsp3) is 0.167. The number of hydrogen-bond donors (Lipinski definition) is 0. The van der Waals surface area contributed by atoms with Gasteiger partial charge in [0, 0.05) is 0 Å². The molecule has 20 heavy (non-hydrogen) atoms. The molecule has 0 unspecified atom stereocenters. The molecule has 0 fully saturated rings. The standard InChI is InChI=1S/C12H4F8/c13-3-1-4(14)10(18)7(9(3)17)8-11(19)5(15)2-6(16)12(8)20/h1-2H2. The van der Waals surface area contributed by atoms with Gasteiger partial charge in [0.1, 0.15) is 23.3 Å². The second-order valence-corrected chi connectivity index (χ2v) is 3.98. The van der Waals surface area contributed by atoms with Gasteiger partial charge in [0.05, 0.1) is 24.0 Å². The van der Waals surface area contributed by atoms with Crippen LogP contribution >= 0.6 is 0 Å². The van der Waals surface area contributed by atoms with Crippen molar-refractivity contribution in [3.05, 3.63) is 57.8 Å². The molecule has 108 valence electrons. The molecule has 2 rings (SSSR count). The van der Waals surface area contributed by atoms with Crippen molar-refractivity contribution < 1.29 is 35.1 Å². The van der Waals surface area contributed by atoms with Gasteiger partial charge in [-0.1, -0.05) is 0 Å². The van der Waals surface area contributed by atoms with E-state index in [4.69, 9.17) is 0 Å². The molecular weight excluding hydrogens is 296 g/mol. The van der Waals surface area contributed by atoms with Crippen LogP contribution in [0.15, 0.2) is 57.8 Å². The summed E-state index contributed by atoms with van der Waals surface area (Å²) in [6.45, 7) is 0. The first kappa shape index (κ1) is 14.5. The number of hydrogen-bond acceptors (Lipinski definition) is 0. The minimum absolute atomic E-state index is 1.38. The Morgan fingerprint density at radius 2 is 0.600 bits per heavy atom. The molecule has 0 aromatic carbocycles. The van der Waals surface area contributed by atoms with E-state index in [1.54, 1.807) is 0 Å². The average molecular weight is 300 g/mol. The van der Waals surface area contributed by atoms with Crippen molar-refractivity contribution in [1.29, 1.82) is 0 Å². The molecule has 8 heteroatoms. The Kier molecular flexibility index (Phi) is 3.58. The average Bonchev–Trinajstić information content (AvgIpc) is 2.38. The maximum absolute atomic E-state index is 13.4. The maximum Gasteiger partial charge on any atom is 0.166 e. The Balaban J connectivity index is 2.83. The molecule has 0 aromatic rings. The molecule has 0 atom stereocenters. The van der Waals surface area contributed by atoms with Crippen LogP contribution in [0.3, 0.4) is 0 Å². The highest BCUT2D eigenvalue weighted by atomic mass is 19.2. The Morgan fingerprint density at radius 3 is 0.800 bits per heavy atom. The normalized spacial score (nSPS) is 21.6. The molecule has 0 bridgehead atoms. The summed E-state index contributed by atoms with van der Waals surface area (Å²) in [6, 6.07) is 0. The highest BCUT2D eigenvalue weighted by Gasteiger charge is 2.36. The van der Waals surface area contributed by atoms with E-state index in [1.165, 1.54) is 0 Å². The summed E-state index contributed by atoms with van der Waals surface area (Å²) in [7, 11) is 0. The van der Waals surface area contributed by atoms with Crippen LogP contribution in [-0.4, -0.2) is 0 Å². The first-order valence-electron chi connectivity index (χ1n) is 5.18. The number of allylic oxidation sites excluding steroid dienone is 10. The molecule has 0 radical (unpaired) electrons. The van der Waals surface area contributed by atoms with Crippen LogP contribution in [0.2, 0.25) is 0 Å². The predicted molar refractivity (Wildman–Crippen MR) is 53.2 cm³/mol. The molecule has 0 aromatic heterocycles. The van der Waals surface area contributed by atoms with Crippen LogP contribution in [0.25, 0.3) is 0 Å². The lowest BCUT2D eigenvalue weighted by Gasteiger charge is -2.18. The summed E-state index contributed by atoms with van der Waals surface area (Å²) >= 11 is 0. The SMILES string of the molecule is FC1=C(F)C(=C2C(F)=C(F)CC(F)=C2F)C(F)=C(F)C1. The van der Waals surface area contributed by atoms with Crippen molar-refractivity contribution in [1.82, 2.24) is 0 Å². The Morgan fingerprint density at radius 1 is 0.400 bits per heavy atom.